The largest absolute Gasteiger partial charge is 0.465 e. The third-order valence-corrected chi connectivity index (χ3v) is 2.29. The first-order valence-corrected chi connectivity index (χ1v) is 5.28. The van der Waals surface area contributed by atoms with Crippen LogP contribution in [-0.2, 0) is 19.1 Å². The first-order valence-electron chi connectivity index (χ1n) is 5.28. The fourth-order valence-corrected chi connectivity index (χ4v) is 1.60. The van der Waals surface area contributed by atoms with E-state index in [0.717, 1.165) is 0 Å². The molecule has 1 fully saturated rings. The molecule has 0 radical (unpaired) electrons. The summed E-state index contributed by atoms with van der Waals surface area (Å²) in [4.78, 5) is 22.7. The number of carbonyl (C=O) groups excluding carboxylic acids is 2. The highest BCUT2D eigenvalue weighted by atomic mass is 16.5. The molecule has 5 heteroatoms. The molecule has 2 atom stereocenters. The summed E-state index contributed by atoms with van der Waals surface area (Å²) in [7, 11) is 0. The van der Waals surface area contributed by atoms with E-state index in [4.69, 9.17) is 9.47 Å². The van der Waals surface area contributed by atoms with Crippen LogP contribution in [-0.4, -0.2) is 37.2 Å². The molecule has 0 bridgehead atoms. The average molecular weight is 215 g/mol. The maximum Gasteiger partial charge on any atom is 0.323 e. The van der Waals surface area contributed by atoms with Crippen LogP contribution in [0, 0.1) is 0 Å². The van der Waals surface area contributed by atoms with Gasteiger partial charge in [-0.1, -0.05) is 0 Å². The number of carbonyl (C=O) groups is 2. The molecule has 0 aromatic rings. The summed E-state index contributed by atoms with van der Waals surface area (Å²) in [5.41, 5.74) is 0. The second kappa shape index (κ2) is 5.70. The lowest BCUT2D eigenvalue weighted by Crippen LogP contribution is -2.41. The minimum absolute atomic E-state index is 0.288. The third kappa shape index (κ3) is 3.20. The van der Waals surface area contributed by atoms with Gasteiger partial charge in [0.15, 0.2) is 0 Å². The molecular formula is C10H17NO4. The van der Waals surface area contributed by atoms with Gasteiger partial charge in [-0.2, -0.15) is 0 Å². The fraction of sp³-hybridized carbons (Fsp3) is 0.800. The van der Waals surface area contributed by atoms with Crippen LogP contribution in [0.25, 0.3) is 0 Å². The quantitative estimate of drug-likeness (QED) is 0.680. The number of esters is 2. The van der Waals surface area contributed by atoms with Gasteiger partial charge in [0.25, 0.3) is 0 Å². The number of hydrogen-bond acceptors (Lipinski definition) is 5. The summed E-state index contributed by atoms with van der Waals surface area (Å²) in [6.07, 6.45) is 1.25. The molecule has 0 saturated carbocycles. The lowest BCUT2D eigenvalue weighted by atomic mass is 10.2. The zero-order valence-electron chi connectivity index (χ0n) is 9.12. The minimum Gasteiger partial charge on any atom is -0.465 e. The van der Waals surface area contributed by atoms with Gasteiger partial charge < -0.3 is 9.47 Å². The maximum atomic E-state index is 11.3. The predicted molar refractivity (Wildman–Crippen MR) is 53.2 cm³/mol. The van der Waals surface area contributed by atoms with Crippen molar-refractivity contribution >= 4 is 11.9 Å². The molecule has 0 unspecified atom stereocenters. The average Bonchev–Trinajstić information content (AvgIpc) is 2.67. The van der Waals surface area contributed by atoms with Crippen molar-refractivity contribution in [2.75, 3.05) is 13.2 Å². The van der Waals surface area contributed by atoms with E-state index in [-0.39, 0.29) is 24.0 Å². The van der Waals surface area contributed by atoms with Crippen molar-refractivity contribution in [1.29, 1.82) is 0 Å². The van der Waals surface area contributed by atoms with Crippen molar-refractivity contribution in [1.82, 2.24) is 5.32 Å². The van der Waals surface area contributed by atoms with Gasteiger partial charge in [0.2, 0.25) is 0 Å². The van der Waals surface area contributed by atoms with Crippen LogP contribution in [0.5, 0.6) is 0 Å². The molecular weight excluding hydrogens is 198 g/mol. The van der Waals surface area contributed by atoms with E-state index in [1.54, 1.807) is 13.8 Å². The van der Waals surface area contributed by atoms with Crippen molar-refractivity contribution < 1.29 is 19.1 Å². The van der Waals surface area contributed by atoms with Gasteiger partial charge in [0.05, 0.1) is 13.2 Å². The summed E-state index contributed by atoms with van der Waals surface area (Å²) in [6, 6.07) is -0.723. The Bertz CT molecular complexity index is 218. The van der Waals surface area contributed by atoms with E-state index in [1.165, 1.54) is 0 Å². The Labute approximate surface area is 89.1 Å². The summed E-state index contributed by atoms with van der Waals surface area (Å²) in [5, 5.41) is 2.91. The Balaban J connectivity index is 2.38. The molecule has 1 saturated heterocycles. The normalized spacial score (nSPS) is 24.9. The van der Waals surface area contributed by atoms with E-state index in [1.807, 2.05) is 0 Å². The summed E-state index contributed by atoms with van der Waals surface area (Å²) >= 11 is 0. The van der Waals surface area contributed by atoms with Gasteiger partial charge >= 0.3 is 11.9 Å². The van der Waals surface area contributed by atoms with Crippen LogP contribution in [0.4, 0.5) is 0 Å². The highest BCUT2D eigenvalue weighted by molar-refractivity contribution is 5.81. The lowest BCUT2D eigenvalue weighted by molar-refractivity contribution is -0.146. The Morgan fingerprint density at radius 1 is 1.07 bits per heavy atom. The molecule has 0 amide bonds. The number of hydrogen-bond donors (Lipinski definition) is 1. The zero-order chi connectivity index (χ0) is 11.3. The summed E-state index contributed by atoms with van der Waals surface area (Å²) in [6.45, 7) is 4.24. The van der Waals surface area contributed by atoms with Gasteiger partial charge in [-0.3, -0.25) is 14.9 Å². The van der Waals surface area contributed by atoms with E-state index in [2.05, 4.69) is 5.32 Å². The second-order valence-corrected chi connectivity index (χ2v) is 3.35. The molecule has 15 heavy (non-hydrogen) atoms. The van der Waals surface area contributed by atoms with Gasteiger partial charge in [-0.25, -0.2) is 0 Å². The summed E-state index contributed by atoms with van der Waals surface area (Å²) < 4.78 is 9.72. The van der Waals surface area contributed by atoms with E-state index < -0.39 is 0 Å². The van der Waals surface area contributed by atoms with Crippen LogP contribution in [0.3, 0.4) is 0 Å². The van der Waals surface area contributed by atoms with Crippen molar-refractivity contribution in [3.05, 3.63) is 0 Å². The van der Waals surface area contributed by atoms with Crippen LogP contribution >= 0.6 is 0 Å². The van der Waals surface area contributed by atoms with Crippen LogP contribution < -0.4 is 5.32 Å². The molecule has 0 aliphatic carbocycles. The maximum absolute atomic E-state index is 11.3. The minimum atomic E-state index is -0.362. The van der Waals surface area contributed by atoms with E-state index >= 15 is 0 Å². The Kier molecular flexibility index (Phi) is 4.55. The highest BCUT2D eigenvalue weighted by Crippen LogP contribution is 2.14. The van der Waals surface area contributed by atoms with Gasteiger partial charge in [0.1, 0.15) is 12.1 Å². The first kappa shape index (κ1) is 12.0. The molecule has 1 N–H and O–H groups in total. The van der Waals surface area contributed by atoms with Crippen LogP contribution in [0.2, 0.25) is 0 Å². The monoisotopic (exact) mass is 215 g/mol. The second-order valence-electron chi connectivity index (χ2n) is 3.35. The van der Waals surface area contributed by atoms with Crippen LogP contribution in [0.15, 0.2) is 0 Å². The molecule has 1 aliphatic rings. The van der Waals surface area contributed by atoms with Crippen molar-refractivity contribution in [3.8, 4) is 0 Å². The van der Waals surface area contributed by atoms with E-state index in [0.29, 0.717) is 26.1 Å². The van der Waals surface area contributed by atoms with Gasteiger partial charge in [-0.15, -0.1) is 0 Å². The van der Waals surface area contributed by atoms with Gasteiger partial charge in [0, 0.05) is 0 Å². The molecule has 1 aliphatic heterocycles. The molecule has 0 spiro atoms. The van der Waals surface area contributed by atoms with E-state index in [9.17, 15) is 9.59 Å². The highest BCUT2D eigenvalue weighted by Gasteiger charge is 2.34. The van der Waals surface area contributed by atoms with Crippen LogP contribution in [0.1, 0.15) is 26.7 Å². The summed E-state index contributed by atoms with van der Waals surface area (Å²) in [5.74, 6) is -0.575. The number of rotatable bonds is 4. The molecule has 86 valence electrons. The standard InChI is InChI=1S/C10H17NO4/c1-3-14-9(12)7-5-6-8(11-7)10(13)15-4-2/h7-8,11H,3-6H2,1-2H3/t7-,8-/m1/s1. The molecule has 5 nitrogen and oxygen atoms in total. The smallest absolute Gasteiger partial charge is 0.323 e. The number of nitrogens with one attached hydrogen (secondary N) is 1. The molecule has 0 aromatic carbocycles. The Morgan fingerprint density at radius 3 is 1.80 bits per heavy atom. The third-order valence-electron chi connectivity index (χ3n) is 2.29. The topological polar surface area (TPSA) is 64.6 Å². The zero-order valence-corrected chi connectivity index (χ0v) is 9.12. The Morgan fingerprint density at radius 2 is 1.47 bits per heavy atom. The van der Waals surface area contributed by atoms with Crippen molar-refractivity contribution in [2.24, 2.45) is 0 Å². The SMILES string of the molecule is CCOC(=O)[C@H]1CC[C@H](C(=O)OCC)N1. The first-order chi connectivity index (χ1) is 7.19. The number of ether oxygens (including phenoxy) is 2. The van der Waals surface area contributed by atoms with Crippen molar-refractivity contribution in [2.45, 2.75) is 38.8 Å². The lowest BCUT2D eigenvalue weighted by Gasteiger charge is -2.12. The molecule has 1 heterocycles. The fourth-order valence-electron chi connectivity index (χ4n) is 1.60. The molecule has 1 rings (SSSR count). The predicted octanol–water partition coefficient (Wildman–Crippen LogP) is 0.233. The Hall–Kier alpha value is -1.10. The van der Waals surface area contributed by atoms with Gasteiger partial charge in [-0.05, 0) is 26.7 Å². The van der Waals surface area contributed by atoms with Crippen molar-refractivity contribution in [3.63, 3.8) is 0 Å². The molecule has 0 aromatic heterocycles.